The minimum Gasteiger partial charge on any atom is -0.343 e. The van der Waals surface area contributed by atoms with Crippen molar-refractivity contribution in [1.82, 2.24) is 16.2 Å². The van der Waals surface area contributed by atoms with E-state index < -0.39 is 23.5 Å². The van der Waals surface area contributed by atoms with Crippen molar-refractivity contribution in [1.29, 1.82) is 0 Å². The number of rotatable bonds is 4. The van der Waals surface area contributed by atoms with Gasteiger partial charge in [0.05, 0.1) is 22.7 Å². The number of amides is 3. The smallest absolute Gasteiger partial charge is 0.272 e. The molecule has 6 nitrogen and oxygen atoms in total. The maximum Gasteiger partial charge on any atom is 0.272 e. The number of carbonyl (C=O) groups excluding carboxylic acids is 3. The van der Waals surface area contributed by atoms with Crippen molar-refractivity contribution in [3.8, 4) is 0 Å². The van der Waals surface area contributed by atoms with Crippen molar-refractivity contribution in [3.05, 3.63) is 70.5 Å². The van der Waals surface area contributed by atoms with Gasteiger partial charge in [-0.1, -0.05) is 35.9 Å². The fraction of sp³-hybridized carbons (Fsp3) is 0.0625. The van der Waals surface area contributed by atoms with Crippen LogP contribution in [0, 0.1) is 5.82 Å². The maximum absolute atomic E-state index is 13.4. The third kappa shape index (κ3) is 4.53. The van der Waals surface area contributed by atoms with Gasteiger partial charge in [0.2, 0.25) is 0 Å². The van der Waals surface area contributed by atoms with Crippen LogP contribution in [0.1, 0.15) is 20.7 Å². The molecule has 2 aromatic rings. The fourth-order valence-electron chi connectivity index (χ4n) is 1.78. The average molecular weight is 350 g/mol. The zero-order valence-electron chi connectivity index (χ0n) is 12.3. The van der Waals surface area contributed by atoms with Crippen molar-refractivity contribution in [2.45, 2.75) is 0 Å². The lowest BCUT2D eigenvalue weighted by molar-refractivity contribution is -0.120. The normalized spacial score (nSPS) is 9.92. The summed E-state index contributed by atoms with van der Waals surface area (Å²) in [5.74, 6) is -2.73. The molecule has 0 saturated heterocycles. The minimum absolute atomic E-state index is 0.210. The van der Waals surface area contributed by atoms with Gasteiger partial charge in [-0.05, 0) is 24.3 Å². The zero-order chi connectivity index (χ0) is 17.5. The van der Waals surface area contributed by atoms with Crippen molar-refractivity contribution in [2.75, 3.05) is 6.54 Å². The van der Waals surface area contributed by atoms with Crippen LogP contribution in [-0.2, 0) is 4.79 Å². The van der Waals surface area contributed by atoms with Gasteiger partial charge < -0.3 is 5.32 Å². The van der Waals surface area contributed by atoms with E-state index in [1.165, 1.54) is 24.3 Å². The van der Waals surface area contributed by atoms with Gasteiger partial charge in [-0.3, -0.25) is 25.2 Å². The van der Waals surface area contributed by atoms with Gasteiger partial charge in [0.25, 0.3) is 17.7 Å². The predicted octanol–water partition coefficient (Wildman–Crippen LogP) is 1.67. The molecule has 0 heterocycles. The molecule has 3 amide bonds. The molecule has 0 spiro atoms. The largest absolute Gasteiger partial charge is 0.343 e. The minimum atomic E-state index is -0.807. The lowest BCUT2D eigenvalue weighted by Crippen LogP contribution is -2.46. The molecule has 0 aliphatic heterocycles. The van der Waals surface area contributed by atoms with Crippen LogP contribution in [0.3, 0.4) is 0 Å². The molecule has 0 fully saturated rings. The maximum atomic E-state index is 13.4. The van der Waals surface area contributed by atoms with E-state index in [1.54, 1.807) is 18.2 Å². The topological polar surface area (TPSA) is 87.3 Å². The highest BCUT2D eigenvalue weighted by Crippen LogP contribution is 2.14. The van der Waals surface area contributed by atoms with Crippen LogP contribution in [0.4, 0.5) is 4.39 Å². The Kier molecular flexibility index (Phi) is 5.86. The molecular formula is C16H13ClFN3O3. The van der Waals surface area contributed by atoms with Gasteiger partial charge in [-0.25, -0.2) is 4.39 Å². The van der Waals surface area contributed by atoms with Crippen LogP contribution in [0.15, 0.2) is 48.5 Å². The molecule has 0 aliphatic rings. The van der Waals surface area contributed by atoms with E-state index >= 15 is 0 Å². The highest BCUT2D eigenvalue weighted by atomic mass is 35.5. The Hall–Kier alpha value is -2.93. The van der Waals surface area contributed by atoms with Gasteiger partial charge >= 0.3 is 0 Å². The van der Waals surface area contributed by atoms with E-state index in [0.29, 0.717) is 0 Å². The molecule has 124 valence electrons. The number of hydrogen-bond donors (Lipinski definition) is 3. The average Bonchev–Trinajstić information content (AvgIpc) is 2.58. The summed E-state index contributed by atoms with van der Waals surface area (Å²) in [4.78, 5) is 35.2. The molecule has 0 saturated carbocycles. The van der Waals surface area contributed by atoms with Crippen LogP contribution in [0.2, 0.25) is 5.02 Å². The van der Waals surface area contributed by atoms with Gasteiger partial charge in [0.1, 0.15) is 5.82 Å². The molecule has 0 aromatic heterocycles. The predicted molar refractivity (Wildman–Crippen MR) is 85.8 cm³/mol. The van der Waals surface area contributed by atoms with Crippen LogP contribution in [0.5, 0.6) is 0 Å². The summed E-state index contributed by atoms with van der Waals surface area (Å²) in [5.41, 5.74) is 4.15. The van der Waals surface area contributed by atoms with Gasteiger partial charge in [-0.15, -0.1) is 0 Å². The van der Waals surface area contributed by atoms with Crippen molar-refractivity contribution >= 4 is 29.3 Å². The van der Waals surface area contributed by atoms with Gasteiger partial charge in [0, 0.05) is 0 Å². The summed E-state index contributed by atoms with van der Waals surface area (Å²) < 4.78 is 13.4. The third-order valence-electron chi connectivity index (χ3n) is 2.96. The number of benzene rings is 2. The summed E-state index contributed by atoms with van der Waals surface area (Å²) >= 11 is 5.87. The van der Waals surface area contributed by atoms with Crippen molar-refractivity contribution in [3.63, 3.8) is 0 Å². The SMILES string of the molecule is O=C(CNC(=O)c1ccccc1Cl)NNC(=O)c1ccccc1F. The van der Waals surface area contributed by atoms with Gasteiger partial charge in [-0.2, -0.15) is 0 Å². The van der Waals surface area contributed by atoms with E-state index in [2.05, 4.69) is 16.2 Å². The van der Waals surface area contributed by atoms with E-state index in [0.717, 1.165) is 6.07 Å². The van der Waals surface area contributed by atoms with Crippen LogP contribution >= 0.6 is 11.6 Å². The Morgan fingerprint density at radius 3 is 2.17 bits per heavy atom. The first-order chi connectivity index (χ1) is 11.5. The van der Waals surface area contributed by atoms with E-state index in [-0.39, 0.29) is 22.7 Å². The molecule has 8 heteroatoms. The molecule has 0 bridgehead atoms. The first kappa shape index (κ1) is 17.4. The second kappa shape index (κ2) is 8.07. The van der Waals surface area contributed by atoms with Crippen LogP contribution < -0.4 is 16.2 Å². The molecule has 0 radical (unpaired) electrons. The lowest BCUT2D eigenvalue weighted by atomic mass is 10.2. The fourth-order valence-corrected chi connectivity index (χ4v) is 2.01. The monoisotopic (exact) mass is 349 g/mol. The number of hydrazine groups is 1. The highest BCUT2D eigenvalue weighted by Gasteiger charge is 2.13. The first-order valence-corrected chi connectivity index (χ1v) is 7.23. The Morgan fingerprint density at radius 1 is 0.875 bits per heavy atom. The second-order valence-corrected chi connectivity index (χ2v) is 5.05. The summed E-state index contributed by atoms with van der Waals surface area (Å²) in [5, 5.41) is 2.61. The molecule has 24 heavy (non-hydrogen) atoms. The third-order valence-corrected chi connectivity index (χ3v) is 3.29. The summed E-state index contributed by atoms with van der Waals surface area (Å²) in [6.45, 7) is -0.387. The van der Waals surface area contributed by atoms with Crippen molar-refractivity contribution in [2.24, 2.45) is 0 Å². The number of nitrogens with one attached hydrogen (secondary N) is 3. The lowest BCUT2D eigenvalue weighted by Gasteiger charge is -2.09. The molecular weight excluding hydrogens is 337 g/mol. The first-order valence-electron chi connectivity index (χ1n) is 6.85. The van der Waals surface area contributed by atoms with Crippen LogP contribution in [0.25, 0.3) is 0 Å². The van der Waals surface area contributed by atoms with Crippen LogP contribution in [-0.4, -0.2) is 24.3 Å². The Labute approximate surface area is 142 Å². The Balaban J connectivity index is 1.82. The summed E-state index contributed by atoms with van der Waals surface area (Å²) in [6, 6.07) is 11.7. The molecule has 2 aromatic carbocycles. The van der Waals surface area contributed by atoms with E-state index in [9.17, 15) is 18.8 Å². The molecule has 0 atom stereocenters. The number of carbonyl (C=O) groups is 3. The van der Waals surface area contributed by atoms with Gasteiger partial charge in [0.15, 0.2) is 0 Å². The van der Waals surface area contributed by atoms with E-state index in [4.69, 9.17) is 11.6 Å². The summed E-state index contributed by atoms with van der Waals surface area (Å²) in [6.07, 6.45) is 0. The molecule has 2 rings (SSSR count). The Bertz CT molecular complexity index is 719. The standard InChI is InChI=1S/C16H13ClFN3O3/c17-12-7-3-1-5-10(12)15(23)19-9-14(22)20-21-16(24)11-6-2-4-8-13(11)18/h1-8H,9H2,(H,19,23)(H,20,22)(H,21,24). The summed E-state index contributed by atoms with van der Waals surface area (Å²) in [7, 11) is 0. The number of hydrogen-bond acceptors (Lipinski definition) is 3. The number of halogens is 2. The molecule has 0 aliphatic carbocycles. The quantitative estimate of drug-likeness (QED) is 0.734. The van der Waals surface area contributed by atoms with Crippen molar-refractivity contribution < 1.29 is 18.8 Å². The molecule has 3 N–H and O–H groups in total. The highest BCUT2D eigenvalue weighted by molar-refractivity contribution is 6.33. The van der Waals surface area contributed by atoms with E-state index in [1.807, 2.05) is 0 Å². The Morgan fingerprint density at radius 2 is 1.50 bits per heavy atom. The second-order valence-electron chi connectivity index (χ2n) is 4.64. The zero-order valence-corrected chi connectivity index (χ0v) is 13.1. The molecule has 0 unspecified atom stereocenters.